The summed E-state index contributed by atoms with van der Waals surface area (Å²) in [6.45, 7) is 4.11. The average molecular weight is 185 g/mol. The Labute approximate surface area is 80.1 Å². The van der Waals surface area contributed by atoms with Gasteiger partial charge in [0, 0.05) is 6.04 Å². The van der Waals surface area contributed by atoms with Crippen molar-refractivity contribution >= 4 is 5.97 Å². The SMILES string of the molecule is COC(=O)C(C(C)C)N(C)C1CC1. The minimum atomic E-state index is -0.107. The van der Waals surface area contributed by atoms with E-state index in [-0.39, 0.29) is 12.0 Å². The van der Waals surface area contributed by atoms with Gasteiger partial charge in [0.2, 0.25) is 0 Å². The normalized spacial score (nSPS) is 19.2. The predicted octanol–water partition coefficient (Wildman–Crippen LogP) is 1.28. The van der Waals surface area contributed by atoms with Crippen molar-refractivity contribution in [2.24, 2.45) is 5.92 Å². The van der Waals surface area contributed by atoms with Crippen LogP contribution in [0.2, 0.25) is 0 Å². The Balaban J connectivity index is 2.59. The average Bonchev–Trinajstić information content (AvgIpc) is 2.85. The van der Waals surface area contributed by atoms with Gasteiger partial charge in [0.05, 0.1) is 7.11 Å². The molecule has 1 fully saturated rings. The summed E-state index contributed by atoms with van der Waals surface area (Å²) >= 11 is 0. The molecule has 0 heterocycles. The van der Waals surface area contributed by atoms with Gasteiger partial charge in [0.1, 0.15) is 6.04 Å². The number of hydrogen-bond acceptors (Lipinski definition) is 3. The molecule has 1 unspecified atom stereocenters. The molecular weight excluding hydrogens is 166 g/mol. The highest BCUT2D eigenvalue weighted by atomic mass is 16.5. The zero-order valence-electron chi connectivity index (χ0n) is 8.91. The lowest BCUT2D eigenvalue weighted by atomic mass is 10.0. The molecule has 0 aliphatic heterocycles. The maximum absolute atomic E-state index is 11.5. The molecule has 0 radical (unpaired) electrons. The molecule has 0 aromatic carbocycles. The summed E-state index contributed by atoms with van der Waals surface area (Å²) in [6, 6.07) is 0.531. The van der Waals surface area contributed by atoms with Gasteiger partial charge in [0.25, 0.3) is 0 Å². The molecule has 0 saturated heterocycles. The highest BCUT2D eigenvalue weighted by Gasteiger charge is 2.36. The van der Waals surface area contributed by atoms with E-state index < -0.39 is 0 Å². The fourth-order valence-corrected chi connectivity index (χ4v) is 1.74. The molecule has 3 nitrogen and oxygen atoms in total. The smallest absolute Gasteiger partial charge is 0.323 e. The van der Waals surface area contributed by atoms with Crippen LogP contribution in [0.1, 0.15) is 26.7 Å². The van der Waals surface area contributed by atoms with Crippen molar-refractivity contribution in [2.75, 3.05) is 14.2 Å². The van der Waals surface area contributed by atoms with Gasteiger partial charge < -0.3 is 4.74 Å². The Hall–Kier alpha value is -0.570. The van der Waals surface area contributed by atoms with E-state index >= 15 is 0 Å². The Bertz CT molecular complexity index is 187. The summed E-state index contributed by atoms with van der Waals surface area (Å²) in [6.07, 6.45) is 2.44. The lowest BCUT2D eigenvalue weighted by Gasteiger charge is -2.28. The van der Waals surface area contributed by atoms with Crippen molar-refractivity contribution in [1.82, 2.24) is 4.90 Å². The van der Waals surface area contributed by atoms with E-state index in [2.05, 4.69) is 18.7 Å². The van der Waals surface area contributed by atoms with Crippen LogP contribution >= 0.6 is 0 Å². The molecule has 1 atom stereocenters. The van der Waals surface area contributed by atoms with Crippen LogP contribution in [0.3, 0.4) is 0 Å². The molecule has 0 amide bonds. The third kappa shape index (κ3) is 2.44. The summed E-state index contributed by atoms with van der Waals surface area (Å²) in [5, 5.41) is 0. The number of esters is 1. The summed E-state index contributed by atoms with van der Waals surface area (Å²) in [7, 11) is 3.47. The standard InChI is InChI=1S/C10H19NO2/c1-7(2)9(10(12)13-4)11(3)8-5-6-8/h7-9H,5-6H2,1-4H3. The molecule has 1 saturated carbocycles. The fraction of sp³-hybridized carbons (Fsp3) is 0.900. The van der Waals surface area contributed by atoms with Gasteiger partial charge in [-0.2, -0.15) is 0 Å². The highest BCUT2D eigenvalue weighted by Crippen LogP contribution is 2.29. The van der Waals surface area contributed by atoms with Gasteiger partial charge in [-0.25, -0.2) is 0 Å². The van der Waals surface area contributed by atoms with Gasteiger partial charge in [-0.3, -0.25) is 9.69 Å². The summed E-state index contributed by atoms with van der Waals surface area (Å²) in [4.78, 5) is 13.6. The minimum Gasteiger partial charge on any atom is -0.468 e. The second-order valence-electron chi connectivity index (χ2n) is 4.11. The van der Waals surface area contributed by atoms with Gasteiger partial charge in [0.15, 0.2) is 0 Å². The Morgan fingerprint density at radius 1 is 1.46 bits per heavy atom. The molecule has 0 bridgehead atoms. The van der Waals surface area contributed by atoms with E-state index in [0.29, 0.717) is 12.0 Å². The van der Waals surface area contributed by atoms with Crippen molar-refractivity contribution in [2.45, 2.75) is 38.8 Å². The minimum absolute atomic E-state index is 0.0718. The predicted molar refractivity (Wildman–Crippen MR) is 51.4 cm³/mol. The molecular formula is C10H19NO2. The summed E-state index contributed by atoms with van der Waals surface area (Å²) in [5.74, 6) is 0.211. The molecule has 0 N–H and O–H groups in total. The highest BCUT2D eigenvalue weighted by molar-refractivity contribution is 5.76. The number of likely N-dealkylation sites (N-methyl/N-ethyl adjacent to an activating group) is 1. The molecule has 1 rings (SSSR count). The van der Waals surface area contributed by atoms with Crippen LogP contribution in [0, 0.1) is 5.92 Å². The van der Waals surface area contributed by atoms with Gasteiger partial charge >= 0.3 is 5.97 Å². The second kappa shape index (κ2) is 4.09. The lowest BCUT2D eigenvalue weighted by Crippen LogP contribution is -2.44. The monoisotopic (exact) mass is 185 g/mol. The Morgan fingerprint density at radius 2 is 2.00 bits per heavy atom. The number of ether oxygens (including phenoxy) is 1. The quantitative estimate of drug-likeness (QED) is 0.618. The summed E-state index contributed by atoms with van der Waals surface area (Å²) in [5.41, 5.74) is 0. The van der Waals surface area contributed by atoms with E-state index in [1.807, 2.05) is 7.05 Å². The van der Waals surface area contributed by atoms with Crippen molar-refractivity contribution in [3.63, 3.8) is 0 Å². The van der Waals surface area contributed by atoms with Crippen molar-refractivity contribution in [3.05, 3.63) is 0 Å². The van der Waals surface area contributed by atoms with Gasteiger partial charge in [-0.15, -0.1) is 0 Å². The first-order valence-corrected chi connectivity index (χ1v) is 4.87. The van der Waals surface area contributed by atoms with Crippen LogP contribution in [0.15, 0.2) is 0 Å². The third-order valence-electron chi connectivity index (χ3n) is 2.64. The van der Waals surface area contributed by atoms with Crippen molar-refractivity contribution < 1.29 is 9.53 Å². The largest absolute Gasteiger partial charge is 0.468 e. The summed E-state index contributed by atoms with van der Waals surface area (Å²) < 4.78 is 4.79. The molecule has 0 spiro atoms. The van der Waals surface area contributed by atoms with Crippen LogP contribution in [0.5, 0.6) is 0 Å². The first kappa shape index (κ1) is 10.5. The molecule has 0 aromatic rings. The van der Waals surface area contributed by atoms with Crippen LogP contribution < -0.4 is 0 Å². The van der Waals surface area contributed by atoms with E-state index in [9.17, 15) is 4.79 Å². The number of carbonyl (C=O) groups is 1. The van der Waals surface area contributed by atoms with E-state index in [1.165, 1.54) is 20.0 Å². The Morgan fingerprint density at radius 3 is 2.31 bits per heavy atom. The molecule has 3 heteroatoms. The number of carbonyl (C=O) groups excluding carboxylic acids is 1. The van der Waals surface area contributed by atoms with Crippen molar-refractivity contribution in [1.29, 1.82) is 0 Å². The third-order valence-corrected chi connectivity index (χ3v) is 2.64. The van der Waals surface area contributed by atoms with E-state index in [4.69, 9.17) is 4.74 Å². The number of nitrogens with zero attached hydrogens (tertiary/aromatic N) is 1. The number of methoxy groups -OCH3 is 1. The van der Waals surface area contributed by atoms with Crippen molar-refractivity contribution in [3.8, 4) is 0 Å². The Kier molecular flexibility index (Phi) is 3.31. The molecule has 76 valence electrons. The molecule has 1 aliphatic rings. The molecule has 13 heavy (non-hydrogen) atoms. The fourth-order valence-electron chi connectivity index (χ4n) is 1.74. The van der Waals surface area contributed by atoms with Crippen LogP contribution in [-0.4, -0.2) is 37.1 Å². The van der Waals surface area contributed by atoms with Crippen LogP contribution in [0.4, 0.5) is 0 Å². The van der Waals surface area contributed by atoms with Crippen LogP contribution in [-0.2, 0) is 9.53 Å². The maximum atomic E-state index is 11.5. The number of hydrogen-bond donors (Lipinski definition) is 0. The van der Waals surface area contributed by atoms with Gasteiger partial charge in [-0.05, 0) is 25.8 Å². The maximum Gasteiger partial charge on any atom is 0.323 e. The number of rotatable bonds is 4. The zero-order chi connectivity index (χ0) is 10.0. The topological polar surface area (TPSA) is 29.5 Å². The first-order valence-electron chi connectivity index (χ1n) is 4.87. The van der Waals surface area contributed by atoms with E-state index in [0.717, 1.165) is 0 Å². The van der Waals surface area contributed by atoms with Crippen LogP contribution in [0.25, 0.3) is 0 Å². The molecule has 1 aliphatic carbocycles. The molecule has 0 aromatic heterocycles. The van der Waals surface area contributed by atoms with E-state index in [1.54, 1.807) is 0 Å². The zero-order valence-corrected chi connectivity index (χ0v) is 8.91. The lowest BCUT2D eigenvalue weighted by molar-refractivity contribution is -0.148. The second-order valence-corrected chi connectivity index (χ2v) is 4.11. The van der Waals surface area contributed by atoms with Gasteiger partial charge in [-0.1, -0.05) is 13.8 Å². The first-order chi connectivity index (χ1) is 6.07.